The second-order valence-corrected chi connectivity index (χ2v) is 5.85. The van der Waals surface area contributed by atoms with Gasteiger partial charge in [0.2, 0.25) is 0 Å². The van der Waals surface area contributed by atoms with Crippen molar-refractivity contribution in [1.29, 1.82) is 0 Å². The summed E-state index contributed by atoms with van der Waals surface area (Å²) in [6, 6.07) is 0.404. The molecule has 5 heteroatoms. The van der Waals surface area contributed by atoms with Gasteiger partial charge in [0, 0.05) is 6.04 Å². The fourth-order valence-corrected chi connectivity index (χ4v) is 3.62. The molecule has 0 unspecified atom stereocenters. The van der Waals surface area contributed by atoms with Crippen molar-refractivity contribution in [3.05, 3.63) is 0 Å². The predicted octanol–water partition coefficient (Wildman–Crippen LogP) is 4.34. The summed E-state index contributed by atoms with van der Waals surface area (Å²) in [5.41, 5.74) is 0. The van der Waals surface area contributed by atoms with Crippen LogP contribution in [-0.2, 0) is 4.74 Å². The third kappa shape index (κ3) is 4.48. The van der Waals surface area contributed by atoms with Gasteiger partial charge in [-0.2, -0.15) is 0 Å². The Kier molecular flexibility index (Phi) is 4.87. The lowest BCUT2D eigenvalue weighted by Gasteiger charge is -2.37. The Hall–Kier alpha value is -0.580. The van der Waals surface area contributed by atoms with E-state index >= 15 is 0 Å². The molecule has 2 fully saturated rings. The molecule has 0 spiro atoms. The van der Waals surface area contributed by atoms with Gasteiger partial charge < -0.3 is 0 Å². The highest BCUT2D eigenvalue weighted by Gasteiger charge is 2.37. The highest BCUT2D eigenvalue weighted by atomic mass is 19.4. The lowest BCUT2D eigenvalue weighted by Crippen LogP contribution is -2.32. The first-order valence-corrected chi connectivity index (χ1v) is 7.18. The summed E-state index contributed by atoms with van der Waals surface area (Å²) < 4.78 is 40.5. The van der Waals surface area contributed by atoms with Gasteiger partial charge in [0.05, 0.1) is 6.10 Å². The van der Waals surface area contributed by atoms with E-state index < -0.39 is 12.5 Å². The van der Waals surface area contributed by atoms with Gasteiger partial charge in [-0.3, -0.25) is 9.73 Å². The second kappa shape index (κ2) is 6.25. The van der Waals surface area contributed by atoms with Gasteiger partial charge in [-0.25, -0.2) is 0 Å². The largest absolute Gasteiger partial charge is 0.522 e. The van der Waals surface area contributed by atoms with Crippen molar-refractivity contribution in [1.82, 2.24) is 0 Å². The van der Waals surface area contributed by atoms with Crippen molar-refractivity contribution >= 4 is 6.72 Å². The smallest absolute Gasteiger partial charge is 0.298 e. The first-order chi connectivity index (χ1) is 8.98. The molecule has 0 amide bonds. The Labute approximate surface area is 112 Å². The van der Waals surface area contributed by atoms with E-state index in [0.29, 0.717) is 30.7 Å². The number of aliphatic imine (C=N–C) groups is 1. The first kappa shape index (κ1) is 14.8. The molecule has 0 heterocycles. The van der Waals surface area contributed by atoms with Gasteiger partial charge in [-0.15, -0.1) is 13.2 Å². The number of halogens is 3. The van der Waals surface area contributed by atoms with E-state index in [1.165, 1.54) is 0 Å². The molecule has 0 N–H and O–H groups in total. The van der Waals surface area contributed by atoms with Crippen LogP contribution in [0.2, 0.25) is 0 Å². The zero-order chi connectivity index (χ0) is 13.9. The van der Waals surface area contributed by atoms with E-state index in [0.717, 1.165) is 38.5 Å². The Balaban J connectivity index is 1.73. The van der Waals surface area contributed by atoms with Crippen LogP contribution in [0.1, 0.15) is 51.4 Å². The molecule has 19 heavy (non-hydrogen) atoms. The zero-order valence-electron chi connectivity index (χ0n) is 11.2. The number of hydrogen-bond donors (Lipinski definition) is 0. The summed E-state index contributed by atoms with van der Waals surface area (Å²) in [5.74, 6) is 1.25. The monoisotopic (exact) mass is 277 g/mol. The fraction of sp³-hybridized carbons (Fsp3) is 0.929. The van der Waals surface area contributed by atoms with Crippen LogP contribution in [0.15, 0.2) is 4.99 Å². The molecular formula is C14H22F3NO. The van der Waals surface area contributed by atoms with Crippen LogP contribution in [0.25, 0.3) is 0 Å². The molecule has 0 bridgehead atoms. The van der Waals surface area contributed by atoms with Gasteiger partial charge in [-0.05, 0) is 69.9 Å². The molecule has 2 aliphatic carbocycles. The number of nitrogens with zero attached hydrogens (tertiary/aromatic N) is 1. The quantitative estimate of drug-likeness (QED) is 0.703. The van der Waals surface area contributed by atoms with E-state index in [1.54, 1.807) is 0 Å². The molecule has 2 nitrogen and oxygen atoms in total. The Morgan fingerprint density at radius 3 is 1.74 bits per heavy atom. The lowest BCUT2D eigenvalue weighted by molar-refractivity contribution is -0.346. The van der Waals surface area contributed by atoms with Crippen LogP contribution in [0.4, 0.5) is 13.2 Å². The molecule has 2 aliphatic rings. The average Bonchev–Trinajstić information content (AvgIpc) is 2.38. The second-order valence-electron chi connectivity index (χ2n) is 5.85. The molecule has 0 aromatic heterocycles. The minimum atomic E-state index is -4.48. The van der Waals surface area contributed by atoms with Crippen molar-refractivity contribution < 1.29 is 17.9 Å². The SMILES string of the molecule is C=NC1CCC(C2CCC(OC(F)(F)F)CC2)CC1. The summed E-state index contributed by atoms with van der Waals surface area (Å²) in [7, 11) is 0. The van der Waals surface area contributed by atoms with E-state index in [4.69, 9.17) is 0 Å². The van der Waals surface area contributed by atoms with Crippen molar-refractivity contribution in [3.63, 3.8) is 0 Å². The topological polar surface area (TPSA) is 21.6 Å². The molecule has 110 valence electrons. The zero-order valence-corrected chi connectivity index (χ0v) is 11.2. The number of ether oxygens (including phenoxy) is 1. The molecular weight excluding hydrogens is 255 g/mol. The number of hydrogen-bond acceptors (Lipinski definition) is 2. The minimum Gasteiger partial charge on any atom is -0.298 e. The van der Waals surface area contributed by atoms with Gasteiger partial charge in [-0.1, -0.05) is 0 Å². The molecule has 0 aromatic carbocycles. The lowest BCUT2D eigenvalue weighted by atomic mass is 9.72. The minimum absolute atomic E-state index is 0.404. The first-order valence-electron chi connectivity index (χ1n) is 7.18. The van der Waals surface area contributed by atoms with Crippen LogP contribution < -0.4 is 0 Å². The Bertz CT molecular complexity index is 290. The van der Waals surface area contributed by atoms with Crippen LogP contribution in [0.5, 0.6) is 0 Å². The Morgan fingerprint density at radius 2 is 1.32 bits per heavy atom. The summed E-state index contributed by atoms with van der Waals surface area (Å²) >= 11 is 0. The van der Waals surface area contributed by atoms with Gasteiger partial charge in [0.15, 0.2) is 0 Å². The van der Waals surface area contributed by atoms with Crippen LogP contribution >= 0.6 is 0 Å². The van der Waals surface area contributed by atoms with Crippen molar-refractivity contribution in [2.24, 2.45) is 16.8 Å². The maximum atomic E-state index is 12.1. The maximum absolute atomic E-state index is 12.1. The molecule has 0 radical (unpaired) electrons. The molecule has 0 aromatic rings. The predicted molar refractivity (Wildman–Crippen MR) is 68.2 cm³/mol. The van der Waals surface area contributed by atoms with Gasteiger partial charge >= 0.3 is 6.36 Å². The van der Waals surface area contributed by atoms with Crippen molar-refractivity contribution in [2.75, 3.05) is 0 Å². The average molecular weight is 277 g/mol. The number of rotatable bonds is 3. The fourth-order valence-electron chi connectivity index (χ4n) is 3.62. The molecule has 0 atom stereocenters. The third-order valence-electron chi connectivity index (χ3n) is 4.69. The normalized spacial score (nSPS) is 37.0. The summed E-state index contributed by atoms with van der Waals surface area (Å²) in [6.07, 6.45) is 2.22. The molecule has 2 rings (SSSR count). The van der Waals surface area contributed by atoms with Crippen molar-refractivity contribution in [3.8, 4) is 0 Å². The summed E-state index contributed by atoms with van der Waals surface area (Å²) in [6.45, 7) is 3.59. The molecule has 2 saturated carbocycles. The molecule has 0 saturated heterocycles. The third-order valence-corrected chi connectivity index (χ3v) is 4.69. The maximum Gasteiger partial charge on any atom is 0.522 e. The van der Waals surface area contributed by atoms with E-state index in [-0.39, 0.29) is 0 Å². The standard InChI is InChI=1S/C14H22F3NO/c1-18-12-6-2-10(3-7-12)11-4-8-13(9-5-11)19-14(15,16)17/h10-13H,1-9H2. The number of alkyl halides is 3. The van der Waals surface area contributed by atoms with Crippen molar-refractivity contribution in [2.45, 2.75) is 69.9 Å². The van der Waals surface area contributed by atoms with Gasteiger partial charge in [0.25, 0.3) is 0 Å². The Morgan fingerprint density at radius 1 is 0.842 bits per heavy atom. The van der Waals surface area contributed by atoms with E-state index in [9.17, 15) is 13.2 Å². The van der Waals surface area contributed by atoms with E-state index in [1.807, 2.05) is 0 Å². The highest BCUT2D eigenvalue weighted by Crippen LogP contribution is 2.40. The summed E-state index contributed by atoms with van der Waals surface area (Å²) in [5, 5.41) is 0. The van der Waals surface area contributed by atoms with Gasteiger partial charge in [0.1, 0.15) is 0 Å². The van der Waals surface area contributed by atoms with Crippen LogP contribution in [0, 0.1) is 11.8 Å². The van der Waals surface area contributed by atoms with E-state index in [2.05, 4.69) is 16.4 Å². The highest BCUT2D eigenvalue weighted by molar-refractivity contribution is 5.24. The molecule has 0 aliphatic heterocycles. The van der Waals surface area contributed by atoms with Crippen LogP contribution in [0.3, 0.4) is 0 Å². The summed E-state index contributed by atoms with van der Waals surface area (Å²) in [4.78, 5) is 4.08. The van der Waals surface area contributed by atoms with Crippen LogP contribution in [-0.4, -0.2) is 25.2 Å².